The summed E-state index contributed by atoms with van der Waals surface area (Å²) < 4.78 is 25.5. The van der Waals surface area contributed by atoms with Gasteiger partial charge in [0.1, 0.15) is 0 Å². The van der Waals surface area contributed by atoms with Gasteiger partial charge in [-0.05, 0) is 53.2 Å². The molecule has 1 N–H and O–H groups in total. The standard InChI is InChI=1S/C24H30N2O3S/c1-17(2)21-7-5-8-22(18(3)4)24(21)25-23(27)14-11-19-9-12-20(13-10-19)26-15-6-16-30(26,28)29/h5,7-14,17-18H,6,15-16H2,1-4H3,(H,25,27)/b14-11+. The molecule has 1 aliphatic heterocycles. The van der Waals surface area contributed by atoms with Crippen molar-refractivity contribution in [1.82, 2.24) is 0 Å². The quantitative estimate of drug-likeness (QED) is 0.652. The molecule has 1 fully saturated rings. The van der Waals surface area contributed by atoms with Crippen LogP contribution in [-0.2, 0) is 14.8 Å². The van der Waals surface area contributed by atoms with Gasteiger partial charge in [-0.1, -0.05) is 58.0 Å². The number of anilines is 2. The van der Waals surface area contributed by atoms with Crippen LogP contribution in [0.3, 0.4) is 0 Å². The smallest absolute Gasteiger partial charge is 0.248 e. The minimum atomic E-state index is -3.18. The third kappa shape index (κ3) is 4.93. The number of hydrogen-bond acceptors (Lipinski definition) is 3. The fourth-order valence-electron chi connectivity index (χ4n) is 3.71. The predicted octanol–water partition coefficient (Wildman–Crippen LogP) is 5.13. The molecule has 2 aromatic rings. The number of carbonyl (C=O) groups excluding carboxylic acids is 1. The topological polar surface area (TPSA) is 66.5 Å². The second-order valence-corrected chi connectivity index (χ2v) is 10.3. The van der Waals surface area contributed by atoms with E-state index in [0.29, 0.717) is 30.5 Å². The molecule has 30 heavy (non-hydrogen) atoms. The SMILES string of the molecule is CC(C)c1cccc(C(C)C)c1NC(=O)/C=C/c1ccc(N2CCCS2(=O)=O)cc1. The van der Waals surface area contributed by atoms with Gasteiger partial charge < -0.3 is 5.32 Å². The molecule has 5 nitrogen and oxygen atoms in total. The van der Waals surface area contributed by atoms with Crippen molar-refractivity contribution in [3.05, 3.63) is 65.2 Å². The molecule has 1 amide bonds. The lowest BCUT2D eigenvalue weighted by atomic mass is 9.92. The Kier molecular flexibility index (Phi) is 6.66. The lowest BCUT2D eigenvalue weighted by Gasteiger charge is -2.19. The van der Waals surface area contributed by atoms with E-state index >= 15 is 0 Å². The fourth-order valence-corrected chi connectivity index (χ4v) is 5.28. The number of nitrogens with zero attached hydrogens (tertiary/aromatic N) is 1. The van der Waals surface area contributed by atoms with Crippen LogP contribution < -0.4 is 9.62 Å². The van der Waals surface area contributed by atoms with Crippen LogP contribution in [0.1, 0.15) is 62.6 Å². The third-order valence-electron chi connectivity index (χ3n) is 5.33. The zero-order chi connectivity index (χ0) is 21.9. The van der Waals surface area contributed by atoms with Crippen molar-refractivity contribution in [2.45, 2.75) is 46.0 Å². The van der Waals surface area contributed by atoms with Gasteiger partial charge >= 0.3 is 0 Å². The molecule has 1 heterocycles. The number of para-hydroxylation sites is 1. The van der Waals surface area contributed by atoms with E-state index in [9.17, 15) is 13.2 Å². The predicted molar refractivity (Wildman–Crippen MR) is 124 cm³/mol. The van der Waals surface area contributed by atoms with Gasteiger partial charge in [-0.25, -0.2) is 8.42 Å². The van der Waals surface area contributed by atoms with E-state index in [1.807, 2.05) is 18.2 Å². The first-order valence-electron chi connectivity index (χ1n) is 10.4. The van der Waals surface area contributed by atoms with E-state index in [-0.39, 0.29) is 11.7 Å². The van der Waals surface area contributed by atoms with Crippen molar-refractivity contribution in [2.75, 3.05) is 21.9 Å². The lowest BCUT2D eigenvalue weighted by Crippen LogP contribution is -2.24. The molecular weight excluding hydrogens is 396 g/mol. The van der Waals surface area contributed by atoms with Crippen LogP contribution in [0.5, 0.6) is 0 Å². The average Bonchev–Trinajstić information content (AvgIpc) is 3.05. The van der Waals surface area contributed by atoms with Crippen LogP contribution in [0, 0.1) is 0 Å². The van der Waals surface area contributed by atoms with Crippen molar-refractivity contribution in [3.8, 4) is 0 Å². The molecule has 2 aromatic carbocycles. The average molecular weight is 427 g/mol. The lowest BCUT2D eigenvalue weighted by molar-refractivity contribution is -0.111. The molecule has 0 aliphatic carbocycles. The van der Waals surface area contributed by atoms with Gasteiger partial charge in [-0.3, -0.25) is 9.10 Å². The van der Waals surface area contributed by atoms with Crippen molar-refractivity contribution >= 4 is 33.4 Å². The van der Waals surface area contributed by atoms with Crippen molar-refractivity contribution in [1.29, 1.82) is 0 Å². The summed E-state index contributed by atoms with van der Waals surface area (Å²) >= 11 is 0. The summed E-state index contributed by atoms with van der Waals surface area (Å²) in [5.74, 6) is 0.622. The maximum absolute atomic E-state index is 12.6. The van der Waals surface area contributed by atoms with Gasteiger partial charge in [0.15, 0.2) is 0 Å². The number of nitrogens with one attached hydrogen (secondary N) is 1. The maximum Gasteiger partial charge on any atom is 0.248 e. The van der Waals surface area contributed by atoms with Crippen molar-refractivity contribution in [2.24, 2.45) is 0 Å². The molecule has 0 radical (unpaired) electrons. The van der Waals surface area contributed by atoms with Crippen LogP contribution in [0.4, 0.5) is 11.4 Å². The fraction of sp³-hybridized carbons (Fsp3) is 0.375. The third-order valence-corrected chi connectivity index (χ3v) is 7.20. The molecule has 0 atom stereocenters. The summed E-state index contributed by atoms with van der Waals surface area (Å²) in [6.07, 6.45) is 3.91. The Morgan fingerprint density at radius 2 is 1.60 bits per heavy atom. The molecule has 6 heteroatoms. The molecule has 3 rings (SSSR count). The van der Waals surface area contributed by atoms with Crippen LogP contribution in [0.15, 0.2) is 48.5 Å². The summed E-state index contributed by atoms with van der Waals surface area (Å²) in [6.45, 7) is 8.99. The molecule has 0 bridgehead atoms. The number of hydrogen-bond donors (Lipinski definition) is 1. The van der Waals surface area contributed by atoms with E-state index in [1.165, 1.54) is 10.4 Å². The van der Waals surface area contributed by atoms with Crippen molar-refractivity contribution < 1.29 is 13.2 Å². The summed E-state index contributed by atoms with van der Waals surface area (Å²) in [6, 6.07) is 13.4. The second-order valence-electron chi connectivity index (χ2n) is 8.28. The van der Waals surface area contributed by atoms with Crippen LogP contribution >= 0.6 is 0 Å². The van der Waals surface area contributed by atoms with Crippen LogP contribution in [0.2, 0.25) is 0 Å². The Balaban J connectivity index is 1.74. The summed E-state index contributed by atoms with van der Waals surface area (Å²) in [5.41, 5.74) is 4.65. The molecule has 160 valence electrons. The van der Waals surface area contributed by atoms with Gasteiger partial charge in [-0.2, -0.15) is 0 Å². The van der Waals surface area contributed by atoms with Crippen LogP contribution in [0.25, 0.3) is 6.08 Å². The van der Waals surface area contributed by atoms with E-state index in [1.54, 1.807) is 18.2 Å². The normalized spacial score (nSPS) is 16.0. The van der Waals surface area contributed by atoms with Gasteiger partial charge in [0.25, 0.3) is 0 Å². The van der Waals surface area contributed by atoms with Crippen LogP contribution in [-0.4, -0.2) is 26.6 Å². The van der Waals surface area contributed by atoms with E-state index in [2.05, 4.69) is 45.1 Å². The number of benzene rings is 2. The largest absolute Gasteiger partial charge is 0.322 e. The molecule has 0 aromatic heterocycles. The summed E-state index contributed by atoms with van der Waals surface area (Å²) in [7, 11) is -3.18. The molecule has 0 spiro atoms. The Labute approximate surface area is 179 Å². The van der Waals surface area contributed by atoms with Gasteiger partial charge in [0, 0.05) is 18.3 Å². The highest BCUT2D eigenvalue weighted by atomic mass is 32.2. The zero-order valence-electron chi connectivity index (χ0n) is 18.1. The van der Waals surface area contributed by atoms with E-state index < -0.39 is 10.0 Å². The van der Waals surface area contributed by atoms with Gasteiger partial charge in [-0.15, -0.1) is 0 Å². The highest BCUT2D eigenvalue weighted by Crippen LogP contribution is 2.32. The molecular formula is C24H30N2O3S. The Bertz CT molecular complexity index is 1010. The van der Waals surface area contributed by atoms with Gasteiger partial charge in [0.05, 0.1) is 11.4 Å². The second kappa shape index (κ2) is 9.04. The van der Waals surface area contributed by atoms with E-state index in [0.717, 1.165) is 22.4 Å². The first-order valence-corrected chi connectivity index (χ1v) is 12.0. The number of sulfonamides is 1. The molecule has 0 saturated carbocycles. The number of rotatable bonds is 6. The molecule has 1 saturated heterocycles. The first-order chi connectivity index (χ1) is 14.2. The minimum Gasteiger partial charge on any atom is -0.322 e. The number of carbonyl (C=O) groups is 1. The summed E-state index contributed by atoms with van der Waals surface area (Å²) in [5, 5.41) is 3.07. The highest BCUT2D eigenvalue weighted by Gasteiger charge is 2.28. The Morgan fingerprint density at radius 1 is 1.00 bits per heavy atom. The minimum absolute atomic E-state index is 0.184. The van der Waals surface area contributed by atoms with E-state index in [4.69, 9.17) is 0 Å². The first kappa shape index (κ1) is 22.1. The Hall–Kier alpha value is -2.60. The highest BCUT2D eigenvalue weighted by molar-refractivity contribution is 7.93. The monoisotopic (exact) mass is 426 g/mol. The molecule has 0 unspecified atom stereocenters. The molecule has 1 aliphatic rings. The summed E-state index contributed by atoms with van der Waals surface area (Å²) in [4.78, 5) is 12.6. The number of amides is 1. The Morgan fingerprint density at radius 3 is 2.10 bits per heavy atom. The maximum atomic E-state index is 12.6. The van der Waals surface area contributed by atoms with Gasteiger partial charge in [0.2, 0.25) is 15.9 Å². The van der Waals surface area contributed by atoms with Crippen molar-refractivity contribution in [3.63, 3.8) is 0 Å². The zero-order valence-corrected chi connectivity index (χ0v) is 18.9.